The first kappa shape index (κ1) is 15.6. The third-order valence-electron chi connectivity index (χ3n) is 4.86. The van der Waals surface area contributed by atoms with E-state index in [9.17, 15) is 4.79 Å². The Morgan fingerprint density at radius 3 is 3.00 bits per heavy atom. The molecule has 2 aromatic heterocycles. The summed E-state index contributed by atoms with van der Waals surface area (Å²) >= 11 is 0. The maximum absolute atomic E-state index is 12.4. The van der Waals surface area contributed by atoms with Crippen LogP contribution in [0.25, 0.3) is 22.8 Å². The number of rotatable bonds is 2. The highest BCUT2D eigenvalue weighted by Crippen LogP contribution is 2.39. The molecule has 5 rings (SSSR count). The number of benzene rings is 1. The first-order valence-corrected chi connectivity index (χ1v) is 8.74. The van der Waals surface area contributed by atoms with Crippen LogP contribution in [0, 0.1) is 6.92 Å². The number of hydrogen-bond acceptors (Lipinski definition) is 5. The van der Waals surface area contributed by atoms with E-state index in [1.807, 2.05) is 31.3 Å². The number of aromatic amines is 1. The molecule has 0 saturated carbocycles. The van der Waals surface area contributed by atoms with Crippen molar-refractivity contribution in [3.8, 4) is 17.0 Å². The number of hydrogen-bond donors (Lipinski definition) is 3. The van der Waals surface area contributed by atoms with Gasteiger partial charge in [-0.15, -0.1) is 0 Å². The van der Waals surface area contributed by atoms with Crippen LogP contribution >= 0.6 is 0 Å². The molecular weight excluding hydrogens is 342 g/mol. The lowest BCUT2D eigenvalue weighted by molar-refractivity contribution is -0.110. The van der Waals surface area contributed by atoms with Crippen molar-refractivity contribution in [1.82, 2.24) is 15.0 Å². The van der Waals surface area contributed by atoms with Crippen LogP contribution in [0.15, 0.2) is 36.8 Å². The van der Waals surface area contributed by atoms with Gasteiger partial charge in [-0.2, -0.15) is 0 Å². The number of carbonyl (C=O) groups is 1. The van der Waals surface area contributed by atoms with Gasteiger partial charge < -0.3 is 20.4 Å². The number of fused-ring (bicyclic) bond motifs is 2. The van der Waals surface area contributed by atoms with Gasteiger partial charge in [0.1, 0.15) is 18.1 Å². The van der Waals surface area contributed by atoms with E-state index in [-0.39, 0.29) is 5.91 Å². The minimum absolute atomic E-state index is 0.131. The summed E-state index contributed by atoms with van der Waals surface area (Å²) in [7, 11) is 0. The normalized spacial score (nSPS) is 16.3. The van der Waals surface area contributed by atoms with Crippen molar-refractivity contribution in [3.63, 3.8) is 0 Å². The quantitative estimate of drug-likeness (QED) is 0.612. The molecule has 2 aliphatic heterocycles. The van der Waals surface area contributed by atoms with E-state index in [1.54, 1.807) is 18.5 Å². The van der Waals surface area contributed by atoms with Crippen molar-refractivity contribution >= 4 is 28.9 Å². The minimum atomic E-state index is -0.131. The fraction of sp³-hybridized carbons (Fsp3) is 0.150. The molecule has 2 aliphatic rings. The van der Waals surface area contributed by atoms with Crippen molar-refractivity contribution in [2.24, 2.45) is 0 Å². The summed E-state index contributed by atoms with van der Waals surface area (Å²) < 4.78 is 5.61. The Bertz CT molecular complexity index is 1090. The summed E-state index contributed by atoms with van der Waals surface area (Å²) in [6.45, 7) is 3.43. The van der Waals surface area contributed by atoms with Crippen molar-refractivity contribution in [3.05, 3.63) is 53.7 Å². The monoisotopic (exact) mass is 359 g/mol. The summed E-state index contributed by atoms with van der Waals surface area (Å²) in [6.07, 6.45) is 6.98. The second-order valence-corrected chi connectivity index (χ2v) is 6.50. The van der Waals surface area contributed by atoms with Crippen LogP contribution in [-0.4, -0.2) is 34.0 Å². The van der Waals surface area contributed by atoms with E-state index in [2.05, 4.69) is 25.6 Å². The number of amides is 1. The van der Waals surface area contributed by atoms with E-state index < -0.39 is 0 Å². The Morgan fingerprint density at radius 1 is 1.22 bits per heavy atom. The smallest absolute Gasteiger partial charge is 0.256 e. The molecule has 0 aliphatic carbocycles. The Kier molecular flexibility index (Phi) is 3.46. The van der Waals surface area contributed by atoms with E-state index in [0.717, 1.165) is 40.2 Å². The average Bonchev–Trinajstić information content (AvgIpc) is 3.31. The number of nitrogens with zero attached hydrogens (tertiary/aromatic N) is 2. The number of anilines is 2. The van der Waals surface area contributed by atoms with E-state index in [1.165, 1.54) is 0 Å². The molecule has 0 spiro atoms. The van der Waals surface area contributed by atoms with Crippen LogP contribution in [0.3, 0.4) is 0 Å². The first-order chi connectivity index (χ1) is 13.2. The van der Waals surface area contributed by atoms with Gasteiger partial charge in [0.15, 0.2) is 0 Å². The third-order valence-corrected chi connectivity index (χ3v) is 4.86. The summed E-state index contributed by atoms with van der Waals surface area (Å²) in [5.74, 6) is 1.15. The summed E-state index contributed by atoms with van der Waals surface area (Å²) in [5, 5.41) is 6.27. The summed E-state index contributed by atoms with van der Waals surface area (Å²) in [4.78, 5) is 24.0. The van der Waals surface area contributed by atoms with Gasteiger partial charge in [0, 0.05) is 41.9 Å². The molecule has 0 atom stereocenters. The molecule has 0 unspecified atom stereocenters. The fourth-order valence-corrected chi connectivity index (χ4v) is 3.50. The highest BCUT2D eigenvalue weighted by Gasteiger charge is 2.25. The predicted octanol–water partition coefficient (Wildman–Crippen LogP) is 3.08. The molecule has 27 heavy (non-hydrogen) atoms. The average molecular weight is 359 g/mol. The van der Waals surface area contributed by atoms with Crippen molar-refractivity contribution < 1.29 is 9.53 Å². The van der Waals surface area contributed by atoms with Gasteiger partial charge in [0.25, 0.3) is 5.91 Å². The molecule has 0 radical (unpaired) electrons. The van der Waals surface area contributed by atoms with Crippen LogP contribution in [0.4, 0.5) is 11.4 Å². The van der Waals surface area contributed by atoms with Gasteiger partial charge in [0.05, 0.1) is 5.57 Å². The van der Waals surface area contributed by atoms with E-state index in [4.69, 9.17) is 4.74 Å². The lowest BCUT2D eigenvalue weighted by atomic mass is 9.97. The molecule has 134 valence electrons. The van der Waals surface area contributed by atoms with Gasteiger partial charge in [-0.3, -0.25) is 4.79 Å². The van der Waals surface area contributed by atoms with Gasteiger partial charge in [-0.05, 0) is 36.3 Å². The number of pyridine rings is 1. The topological polar surface area (TPSA) is 91.9 Å². The number of aromatic nitrogens is 3. The number of nitrogens with one attached hydrogen (secondary N) is 3. The molecule has 7 nitrogen and oxygen atoms in total. The Morgan fingerprint density at radius 2 is 2.15 bits per heavy atom. The molecule has 3 N–H and O–H groups in total. The Hall–Kier alpha value is -3.61. The molecular formula is C20H17N5O2. The molecule has 1 amide bonds. The van der Waals surface area contributed by atoms with Crippen LogP contribution in [0.5, 0.6) is 5.88 Å². The van der Waals surface area contributed by atoms with Crippen molar-refractivity contribution in [2.75, 3.05) is 23.8 Å². The van der Waals surface area contributed by atoms with Gasteiger partial charge >= 0.3 is 0 Å². The highest BCUT2D eigenvalue weighted by atomic mass is 16.5. The number of ether oxygens (including phenoxy) is 1. The van der Waals surface area contributed by atoms with Crippen molar-refractivity contribution in [1.29, 1.82) is 0 Å². The maximum Gasteiger partial charge on any atom is 0.256 e. The van der Waals surface area contributed by atoms with E-state index in [0.29, 0.717) is 23.9 Å². The minimum Gasteiger partial charge on any atom is -0.474 e. The lowest BCUT2D eigenvalue weighted by Gasteiger charge is -2.21. The zero-order valence-electron chi connectivity index (χ0n) is 14.7. The van der Waals surface area contributed by atoms with Gasteiger partial charge in [-0.25, -0.2) is 9.97 Å². The van der Waals surface area contributed by atoms with Gasteiger partial charge in [0.2, 0.25) is 5.88 Å². The van der Waals surface area contributed by atoms with Gasteiger partial charge in [-0.1, -0.05) is 6.07 Å². The second kappa shape index (κ2) is 5.98. The predicted molar refractivity (Wildman–Crippen MR) is 103 cm³/mol. The number of H-pyrrole nitrogens is 1. The molecule has 7 heteroatoms. The SMILES string of the molecule is Cc1c(-c2ccc3c(c2)C(=Cc2ncc[nH]2)C(=O)N3)cnc2c1NCCO2. The molecule has 1 aromatic carbocycles. The van der Waals surface area contributed by atoms with Crippen molar-refractivity contribution in [2.45, 2.75) is 6.92 Å². The Balaban J connectivity index is 1.61. The largest absolute Gasteiger partial charge is 0.474 e. The zero-order chi connectivity index (χ0) is 18.4. The Labute approximate surface area is 155 Å². The van der Waals surface area contributed by atoms with Crippen LogP contribution in [-0.2, 0) is 4.79 Å². The number of imidazole rings is 1. The molecule has 0 fully saturated rings. The van der Waals surface area contributed by atoms with Crippen LogP contribution in [0.2, 0.25) is 0 Å². The fourth-order valence-electron chi connectivity index (χ4n) is 3.50. The van der Waals surface area contributed by atoms with Crippen LogP contribution < -0.4 is 15.4 Å². The lowest BCUT2D eigenvalue weighted by Crippen LogP contribution is -2.20. The first-order valence-electron chi connectivity index (χ1n) is 8.74. The molecule has 4 heterocycles. The molecule has 0 saturated heterocycles. The third kappa shape index (κ3) is 2.55. The standard InChI is InChI=1S/C20H17N5O2/c1-11-15(10-24-20-18(11)23-6-7-27-20)12-2-3-16-13(8-12)14(19(26)25-16)9-17-21-4-5-22-17/h2-5,8-10,23H,6-7H2,1H3,(H,21,22)(H,25,26). The maximum atomic E-state index is 12.4. The second-order valence-electron chi connectivity index (χ2n) is 6.50. The highest BCUT2D eigenvalue weighted by molar-refractivity contribution is 6.35. The van der Waals surface area contributed by atoms with Crippen LogP contribution in [0.1, 0.15) is 17.0 Å². The number of carbonyl (C=O) groups excluding carboxylic acids is 1. The summed E-state index contributed by atoms with van der Waals surface area (Å²) in [5.41, 5.74) is 6.25. The molecule has 3 aromatic rings. The molecule has 0 bridgehead atoms. The zero-order valence-corrected chi connectivity index (χ0v) is 14.7. The van der Waals surface area contributed by atoms with E-state index >= 15 is 0 Å². The summed E-state index contributed by atoms with van der Waals surface area (Å²) in [6, 6.07) is 5.94.